The molecule has 1 fully saturated rings. The first kappa shape index (κ1) is 13.9. The number of hydrogen-bond donors (Lipinski definition) is 4. The highest BCUT2D eigenvalue weighted by atomic mass is 19.1. The zero-order valence-electron chi connectivity index (χ0n) is 11.0. The van der Waals surface area contributed by atoms with Crippen molar-refractivity contribution < 1.29 is 24.4 Å². The number of fused-ring (bicyclic) bond motifs is 1. The number of halogens is 1. The van der Waals surface area contributed by atoms with Gasteiger partial charge in [0.05, 0.1) is 12.9 Å². The first-order chi connectivity index (χ1) is 9.87. The molecule has 0 amide bonds. The summed E-state index contributed by atoms with van der Waals surface area (Å²) in [6.45, 7) is 0.838. The fourth-order valence-electron chi connectivity index (χ4n) is 2.35. The SMILES string of the molecule is CC1(CO)OC(n2cnc3c(O)nc(N)nc32)C(F)C1O. The Kier molecular flexibility index (Phi) is 2.97. The molecule has 0 bridgehead atoms. The van der Waals surface area contributed by atoms with Gasteiger partial charge < -0.3 is 25.8 Å². The second-order valence-electron chi connectivity index (χ2n) is 5.10. The summed E-state index contributed by atoms with van der Waals surface area (Å²) in [6.07, 6.45) is -3.38. The molecule has 0 saturated carbocycles. The molecular formula is C11H14FN5O4. The van der Waals surface area contributed by atoms with Gasteiger partial charge in [-0.3, -0.25) is 4.57 Å². The number of nitrogens with two attached hydrogens (primary N) is 1. The van der Waals surface area contributed by atoms with Gasteiger partial charge in [-0.15, -0.1) is 0 Å². The largest absolute Gasteiger partial charge is 0.492 e. The van der Waals surface area contributed by atoms with Crippen LogP contribution in [0.15, 0.2) is 6.33 Å². The number of nitrogens with zero attached hydrogens (tertiary/aromatic N) is 4. The van der Waals surface area contributed by atoms with Crippen molar-refractivity contribution in [1.82, 2.24) is 19.5 Å². The minimum atomic E-state index is -1.81. The predicted octanol–water partition coefficient (Wildman–Crippen LogP) is -0.907. The molecule has 0 aromatic carbocycles. The van der Waals surface area contributed by atoms with E-state index in [1.807, 2.05) is 0 Å². The van der Waals surface area contributed by atoms with Gasteiger partial charge in [-0.05, 0) is 6.92 Å². The number of hydrogen-bond acceptors (Lipinski definition) is 8. The molecule has 9 nitrogen and oxygen atoms in total. The number of rotatable bonds is 2. The van der Waals surface area contributed by atoms with Gasteiger partial charge in [0.15, 0.2) is 23.6 Å². The normalized spacial score (nSPS) is 32.9. The lowest BCUT2D eigenvalue weighted by Crippen LogP contribution is -2.42. The standard InChI is InChI=1S/C11H14FN5O4/c1-11(2-18)6(19)4(12)9(21-11)17-3-14-5-7(17)15-10(13)16-8(5)20/h3-4,6,9,18-19H,2H2,1H3,(H3,13,15,16,20). The first-order valence-electron chi connectivity index (χ1n) is 6.17. The maximum atomic E-state index is 14.3. The molecule has 2 aromatic rings. The van der Waals surface area contributed by atoms with Crippen LogP contribution in [0.1, 0.15) is 13.2 Å². The fourth-order valence-corrected chi connectivity index (χ4v) is 2.35. The van der Waals surface area contributed by atoms with Crippen molar-refractivity contribution >= 4 is 17.1 Å². The van der Waals surface area contributed by atoms with E-state index in [1.165, 1.54) is 17.8 Å². The average molecular weight is 299 g/mol. The Morgan fingerprint density at radius 3 is 2.86 bits per heavy atom. The lowest BCUT2D eigenvalue weighted by atomic mass is 9.99. The Bertz CT molecular complexity index is 695. The zero-order valence-corrected chi connectivity index (χ0v) is 11.0. The van der Waals surface area contributed by atoms with Crippen LogP contribution in [0, 0.1) is 0 Å². The van der Waals surface area contributed by atoms with Crippen LogP contribution in [0.5, 0.6) is 5.88 Å². The van der Waals surface area contributed by atoms with E-state index in [9.17, 15) is 19.7 Å². The van der Waals surface area contributed by atoms with Crippen LogP contribution in [0.3, 0.4) is 0 Å². The molecular weight excluding hydrogens is 285 g/mol. The van der Waals surface area contributed by atoms with E-state index in [4.69, 9.17) is 10.5 Å². The molecule has 4 unspecified atom stereocenters. The van der Waals surface area contributed by atoms with E-state index >= 15 is 0 Å². The molecule has 10 heteroatoms. The summed E-state index contributed by atoms with van der Waals surface area (Å²) >= 11 is 0. The summed E-state index contributed by atoms with van der Waals surface area (Å²) in [5.74, 6) is -0.643. The summed E-state index contributed by atoms with van der Waals surface area (Å²) in [4.78, 5) is 11.3. The van der Waals surface area contributed by atoms with Crippen LogP contribution in [0.4, 0.5) is 10.3 Å². The van der Waals surface area contributed by atoms with E-state index in [0.29, 0.717) is 0 Å². The second-order valence-corrected chi connectivity index (χ2v) is 5.10. The van der Waals surface area contributed by atoms with E-state index in [-0.39, 0.29) is 17.1 Å². The number of aliphatic hydroxyl groups is 2. The fraction of sp³-hybridized carbons (Fsp3) is 0.545. The molecule has 0 spiro atoms. The minimum Gasteiger partial charge on any atom is -0.492 e. The van der Waals surface area contributed by atoms with Gasteiger partial charge in [-0.2, -0.15) is 9.97 Å². The molecule has 1 saturated heterocycles. The Labute approximate surface area is 117 Å². The van der Waals surface area contributed by atoms with Gasteiger partial charge in [0.25, 0.3) is 0 Å². The Hall–Kier alpha value is -2.04. The van der Waals surface area contributed by atoms with Crippen LogP contribution >= 0.6 is 0 Å². The maximum absolute atomic E-state index is 14.3. The third kappa shape index (κ3) is 1.91. The van der Waals surface area contributed by atoms with E-state index < -0.39 is 36.6 Å². The predicted molar refractivity (Wildman–Crippen MR) is 67.9 cm³/mol. The molecule has 3 rings (SSSR count). The topological polar surface area (TPSA) is 140 Å². The van der Waals surface area contributed by atoms with Crippen LogP contribution in [-0.4, -0.2) is 59.3 Å². The summed E-state index contributed by atoms with van der Waals surface area (Å²) in [5.41, 5.74) is 4.11. The van der Waals surface area contributed by atoms with Gasteiger partial charge in [0.1, 0.15) is 11.7 Å². The zero-order chi connectivity index (χ0) is 15.4. The van der Waals surface area contributed by atoms with Crippen LogP contribution in [0.25, 0.3) is 11.2 Å². The smallest absolute Gasteiger partial charge is 0.244 e. The first-order valence-corrected chi connectivity index (χ1v) is 6.17. The molecule has 2 aromatic heterocycles. The second kappa shape index (κ2) is 4.48. The summed E-state index contributed by atoms with van der Waals surface area (Å²) in [5, 5.41) is 28.8. The number of aliphatic hydroxyl groups excluding tert-OH is 2. The number of ether oxygens (including phenoxy) is 1. The summed E-state index contributed by atoms with van der Waals surface area (Å²) in [7, 11) is 0. The molecule has 1 aliphatic heterocycles. The van der Waals surface area contributed by atoms with Crippen molar-refractivity contribution in [2.45, 2.75) is 31.0 Å². The van der Waals surface area contributed by atoms with Crippen LogP contribution < -0.4 is 5.73 Å². The lowest BCUT2D eigenvalue weighted by Gasteiger charge is -2.24. The van der Waals surface area contributed by atoms with Gasteiger partial charge in [-0.1, -0.05) is 0 Å². The Morgan fingerprint density at radius 1 is 1.52 bits per heavy atom. The highest BCUT2D eigenvalue weighted by Gasteiger charge is 2.53. The van der Waals surface area contributed by atoms with Crippen molar-refractivity contribution in [3.05, 3.63) is 6.33 Å². The van der Waals surface area contributed by atoms with Gasteiger partial charge in [0.2, 0.25) is 11.8 Å². The van der Waals surface area contributed by atoms with Crippen molar-refractivity contribution in [1.29, 1.82) is 0 Å². The number of aromatic nitrogens is 4. The molecule has 3 heterocycles. The molecule has 114 valence electrons. The highest BCUT2D eigenvalue weighted by Crippen LogP contribution is 2.40. The number of nitrogen functional groups attached to an aromatic ring is 1. The van der Waals surface area contributed by atoms with E-state index in [2.05, 4.69) is 15.0 Å². The van der Waals surface area contributed by atoms with E-state index in [0.717, 1.165) is 0 Å². The molecule has 21 heavy (non-hydrogen) atoms. The monoisotopic (exact) mass is 299 g/mol. The lowest BCUT2D eigenvalue weighted by molar-refractivity contribution is -0.115. The third-order valence-electron chi connectivity index (χ3n) is 3.60. The summed E-state index contributed by atoms with van der Waals surface area (Å²) < 4.78 is 20.9. The number of anilines is 1. The van der Waals surface area contributed by atoms with Crippen LogP contribution in [-0.2, 0) is 4.74 Å². The van der Waals surface area contributed by atoms with Gasteiger partial charge in [0, 0.05) is 0 Å². The molecule has 0 radical (unpaired) electrons. The summed E-state index contributed by atoms with van der Waals surface area (Å²) in [6, 6.07) is 0. The Balaban J connectivity index is 2.10. The number of aromatic hydroxyl groups is 1. The van der Waals surface area contributed by atoms with Crippen LogP contribution in [0.2, 0.25) is 0 Å². The molecule has 1 aliphatic rings. The van der Waals surface area contributed by atoms with Gasteiger partial charge >= 0.3 is 0 Å². The number of alkyl halides is 1. The number of imidazole rings is 1. The maximum Gasteiger partial charge on any atom is 0.244 e. The van der Waals surface area contributed by atoms with Crippen molar-refractivity contribution in [2.24, 2.45) is 0 Å². The Morgan fingerprint density at radius 2 is 2.24 bits per heavy atom. The van der Waals surface area contributed by atoms with Crippen molar-refractivity contribution in [2.75, 3.05) is 12.3 Å². The third-order valence-corrected chi connectivity index (χ3v) is 3.60. The molecule has 5 N–H and O–H groups in total. The quantitative estimate of drug-likeness (QED) is 0.559. The molecule has 4 atom stereocenters. The molecule has 0 aliphatic carbocycles. The van der Waals surface area contributed by atoms with Crippen molar-refractivity contribution in [3.63, 3.8) is 0 Å². The van der Waals surface area contributed by atoms with Crippen molar-refractivity contribution in [3.8, 4) is 5.88 Å². The van der Waals surface area contributed by atoms with Gasteiger partial charge in [-0.25, -0.2) is 9.37 Å². The minimum absolute atomic E-state index is 0.0343. The average Bonchev–Trinajstić information content (AvgIpc) is 2.95. The highest BCUT2D eigenvalue weighted by molar-refractivity contribution is 5.77. The van der Waals surface area contributed by atoms with E-state index in [1.54, 1.807) is 0 Å².